The van der Waals surface area contributed by atoms with Gasteiger partial charge in [-0.3, -0.25) is 4.79 Å². The van der Waals surface area contributed by atoms with E-state index in [0.29, 0.717) is 13.0 Å². The summed E-state index contributed by atoms with van der Waals surface area (Å²) in [6.07, 6.45) is 3.24. The zero-order chi connectivity index (χ0) is 15.2. The number of anilines is 1. The first-order valence-corrected chi connectivity index (χ1v) is 8.40. The van der Waals surface area contributed by atoms with Crippen molar-refractivity contribution in [3.05, 3.63) is 46.4 Å². The van der Waals surface area contributed by atoms with Crippen LogP contribution in [0.3, 0.4) is 0 Å². The molecule has 0 spiro atoms. The lowest BCUT2D eigenvalue weighted by atomic mass is 10.1. The highest BCUT2D eigenvalue weighted by Crippen LogP contribution is 2.25. The topological polar surface area (TPSA) is 33.2 Å². The van der Waals surface area contributed by atoms with Gasteiger partial charge in [-0.15, -0.1) is 22.9 Å². The number of hydrogen-bond acceptors (Lipinski definition) is 3. The second-order valence-electron chi connectivity index (χ2n) is 4.71. The van der Waals surface area contributed by atoms with Crippen LogP contribution in [0.2, 0.25) is 0 Å². The van der Waals surface area contributed by atoms with Gasteiger partial charge in [-0.2, -0.15) is 0 Å². The molecule has 1 aromatic carbocycles. The lowest BCUT2D eigenvalue weighted by molar-refractivity contribution is -0.118. The van der Waals surface area contributed by atoms with Crippen molar-refractivity contribution in [2.24, 2.45) is 0 Å². The molecule has 0 saturated carbocycles. The predicted octanol–water partition coefficient (Wildman–Crippen LogP) is 4.26. The van der Waals surface area contributed by atoms with Crippen LogP contribution in [0, 0.1) is 0 Å². The van der Waals surface area contributed by atoms with E-state index in [-0.39, 0.29) is 5.91 Å². The predicted molar refractivity (Wildman–Crippen MR) is 89.1 cm³/mol. The number of halogens is 1. The maximum atomic E-state index is 12.6. The minimum atomic E-state index is -0.505. The van der Waals surface area contributed by atoms with E-state index in [1.807, 2.05) is 36.6 Å². The van der Waals surface area contributed by atoms with E-state index in [9.17, 15) is 4.79 Å². The molecule has 0 bridgehead atoms. The number of carbonyl (C=O) groups excluding carboxylic acids is 1. The molecule has 3 nitrogen and oxygen atoms in total. The number of para-hydroxylation sites is 1. The number of aryl methyl sites for hydroxylation is 1. The SMILES string of the molecule is CCc1ccccc1N(Cc1nccs1)C(=O)C(Cl)CC. The van der Waals surface area contributed by atoms with Crippen molar-refractivity contribution in [1.29, 1.82) is 0 Å². The summed E-state index contributed by atoms with van der Waals surface area (Å²) in [6.45, 7) is 4.47. The summed E-state index contributed by atoms with van der Waals surface area (Å²) in [5, 5.41) is 2.32. The molecule has 0 saturated heterocycles. The normalized spacial score (nSPS) is 12.1. The van der Waals surface area contributed by atoms with Crippen LogP contribution >= 0.6 is 22.9 Å². The Morgan fingerprint density at radius 3 is 2.76 bits per heavy atom. The smallest absolute Gasteiger partial charge is 0.245 e. The molecule has 1 atom stereocenters. The number of thiazole rings is 1. The van der Waals surface area contributed by atoms with Crippen LogP contribution in [0.4, 0.5) is 5.69 Å². The Bertz CT molecular complexity index is 586. The Hall–Kier alpha value is -1.39. The summed E-state index contributed by atoms with van der Waals surface area (Å²) in [7, 11) is 0. The fourth-order valence-electron chi connectivity index (χ4n) is 2.16. The fourth-order valence-corrected chi connectivity index (χ4v) is 2.89. The molecule has 2 aromatic rings. The molecule has 1 aromatic heterocycles. The number of alkyl halides is 1. The van der Waals surface area contributed by atoms with Crippen LogP contribution in [0.15, 0.2) is 35.8 Å². The van der Waals surface area contributed by atoms with E-state index in [4.69, 9.17) is 11.6 Å². The van der Waals surface area contributed by atoms with Gasteiger partial charge in [-0.1, -0.05) is 32.0 Å². The molecule has 1 amide bonds. The van der Waals surface area contributed by atoms with Crippen LogP contribution < -0.4 is 4.90 Å². The van der Waals surface area contributed by atoms with Crippen LogP contribution in [0.5, 0.6) is 0 Å². The van der Waals surface area contributed by atoms with Crippen LogP contribution in [0.25, 0.3) is 0 Å². The summed E-state index contributed by atoms with van der Waals surface area (Å²) in [6, 6.07) is 7.97. The van der Waals surface area contributed by atoms with Crippen LogP contribution in [-0.4, -0.2) is 16.3 Å². The van der Waals surface area contributed by atoms with E-state index in [1.165, 1.54) is 0 Å². The Balaban J connectivity index is 2.37. The van der Waals surface area contributed by atoms with Crippen LogP contribution in [0.1, 0.15) is 30.8 Å². The number of aromatic nitrogens is 1. The first kappa shape index (κ1) is 16.0. The van der Waals surface area contributed by atoms with Gasteiger partial charge < -0.3 is 4.90 Å². The molecule has 21 heavy (non-hydrogen) atoms. The fraction of sp³-hybridized carbons (Fsp3) is 0.375. The summed E-state index contributed by atoms with van der Waals surface area (Å²) in [5.74, 6) is -0.0599. The van der Waals surface area contributed by atoms with Crippen molar-refractivity contribution >= 4 is 34.5 Å². The highest BCUT2D eigenvalue weighted by molar-refractivity contribution is 7.09. The van der Waals surface area contributed by atoms with Crippen molar-refractivity contribution < 1.29 is 4.79 Å². The summed E-state index contributed by atoms with van der Waals surface area (Å²) < 4.78 is 0. The monoisotopic (exact) mass is 322 g/mol. The van der Waals surface area contributed by atoms with E-state index < -0.39 is 5.38 Å². The molecular weight excluding hydrogens is 304 g/mol. The third-order valence-corrected chi connectivity index (χ3v) is 4.59. The van der Waals surface area contributed by atoms with Gasteiger partial charge in [-0.05, 0) is 24.5 Å². The molecule has 5 heteroatoms. The third-order valence-electron chi connectivity index (χ3n) is 3.33. The second-order valence-corrected chi connectivity index (χ2v) is 6.21. The number of hydrogen-bond donors (Lipinski definition) is 0. The van der Waals surface area contributed by atoms with Crippen molar-refractivity contribution in [3.8, 4) is 0 Å². The highest BCUT2D eigenvalue weighted by Gasteiger charge is 2.24. The highest BCUT2D eigenvalue weighted by atomic mass is 35.5. The molecular formula is C16H19ClN2OS. The number of amides is 1. The molecule has 2 rings (SSSR count). The summed E-state index contributed by atoms with van der Waals surface area (Å²) in [5.41, 5.74) is 2.07. The minimum absolute atomic E-state index is 0.0599. The van der Waals surface area contributed by atoms with Gasteiger partial charge in [0.2, 0.25) is 5.91 Å². The maximum Gasteiger partial charge on any atom is 0.245 e. The molecule has 0 aliphatic heterocycles. The molecule has 1 heterocycles. The number of rotatable bonds is 6. The number of benzene rings is 1. The Morgan fingerprint density at radius 1 is 1.38 bits per heavy atom. The third kappa shape index (κ3) is 3.83. The van der Waals surface area contributed by atoms with E-state index in [2.05, 4.69) is 11.9 Å². The van der Waals surface area contributed by atoms with Crippen molar-refractivity contribution in [2.75, 3.05) is 4.90 Å². The van der Waals surface area contributed by atoms with Gasteiger partial charge in [0.1, 0.15) is 10.4 Å². The number of nitrogens with zero attached hydrogens (tertiary/aromatic N) is 2. The maximum absolute atomic E-state index is 12.6. The lowest BCUT2D eigenvalue weighted by Crippen LogP contribution is -2.36. The van der Waals surface area contributed by atoms with E-state index in [0.717, 1.165) is 22.7 Å². The number of carbonyl (C=O) groups is 1. The molecule has 1 unspecified atom stereocenters. The Kier molecular flexibility index (Phi) is 5.76. The lowest BCUT2D eigenvalue weighted by Gasteiger charge is -2.26. The Morgan fingerprint density at radius 2 is 2.14 bits per heavy atom. The first-order valence-electron chi connectivity index (χ1n) is 7.09. The molecule has 0 fully saturated rings. The molecule has 112 valence electrons. The Labute approximate surface area is 134 Å². The standard InChI is InChI=1S/C16H19ClN2OS/c1-3-12-7-5-6-8-14(12)19(16(20)13(17)4-2)11-15-18-9-10-21-15/h5-10,13H,3-4,11H2,1-2H3. The minimum Gasteiger partial charge on any atom is -0.304 e. The zero-order valence-corrected chi connectivity index (χ0v) is 13.8. The van der Waals surface area contributed by atoms with Gasteiger partial charge in [0, 0.05) is 17.3 Å². The van der Waals surface area contributed by atoms with Gasteiger partial charge in [0.05, 0.1) is 6.54 Å². The van der Waals surface area contributed by atoms with Crippen LogP contribution in [-0.2, 0) is 17.8 Å². The van der Waals surface area contributed by atoms with Gasteiger partial charge in [0.25, 0.3) is 0 Å². The van der Waals surface area contributed by atoms with E-state index >= 15 is 0 Å². The van der Waals surface area contributed by atoms with Crippen molar-refractivity contribution in [3.63, 3.8) is 0 Å². The van der Waals surface area contributed by atoms with E-state index in [1.54, 1.807) is 22.4 Å². The second kappa shape index (κ2) is 7.57. The quantitative estimate of drug-likeness (QED) is 0.745. The summed E-state index contributed by atoms with van der Waals surface area (Å²) in [4.78, 5) is 18.7. The molecule has 0 aliphatic rings. The summed E-state index contributed by atoms with van der Waals surface area (Å²) >= 11 is 7.74. The van der Waals surface area contributed by atoms with Crippen molar-refractivity contribution in [2.45, 2.75) is 38.6 Å². The zero-order valence-electron chi connectivity index (χ0n) is 12.3. The first-order chi connectivity index (χ1) is 10.2. The average Bonchev–Trinajstić information content (AvgIpc) is 3.04. The van der Waals surface area contributed by atoms with Crippen molar-refractivity contribution in [1.82, 2.24) is 4.98 Å². The van der Waals surface area contributed by atoms with Gasteiger partial charge in [-0.25, -0.2) is 4.98 Å². The molecule has 0 aliphatic carbocycles. The molecule has 0 N–H and O–H groups in total. The molecule has 0 radical (unpaired) electrons. The average molecular weight is 323 g/mol. The van der Waals surface area contributed by atoms with Gasteiger partial charge >= 0.3 is 0 Å². The van der Waals surface area contributed by atoms with Gasteiger partial charge in [0.15, 0.2) is 0 Å². The largest absolute Gasteiger partial charge is 0.304 e.